The monoisotopic (exact) mass is 444 g/mol. The standard InChI is InChI=1S/C27H58NO3/c1-3-5-6-7-8-9-10-11-12-13-14-15-16-17-21-28(22-18-24-29,23-19-25-30)26-27(31)20-4-2/h27,29-31H,3-26H2,1-2H3/q+1/t27-/m0/s1. The second-order valence-electron chi connectivity index (χ2n) is 9.89. The van der Waals surface area contributed by atoms with Crippen molar-refractivity contribution in [2.24, 2.45) is 0 Å². The topological polar surface area (TPSA) is 60.7 Å². The molecule has 0 heterocycles. The predicted molar refractivity (Wildman–Crippen MR) is 134 cm³/mol. The summed E-state index contributed by atoms with van der Waals surface area (Å²) in [7, 11) is 0. The van der Waals surface area contributed by atoms with Crippen LogP contribution in [0.2, 0.25) is 0 Å². The normalized spacial score (nSPS) is 13.1. The van der Waals surface area contributed by atoms with E-state index in [0.717, 1.165) is 56.3 Å². The molecule has 0 aliphatic carbocycles. The van der Waals surface area contributed by atoms with Crippen molar-refractivity contribution in [2.45, 2.75) is 136 Å². The van der Waals surface area contributed by atoms with Crippen LogP contribution in [0.1, 0.15) is 129 Å². The van der Waals surface area contributed by atoms with Crippen molar-refractivity contribution in [3.8, 4) is 0 Å². The van der Waals surface area contributed by atoms with Crippen LogP contribution in [0, 0.1) is 0 Å². The summed E-state index contributed by atoms with van der Waals surface area (Å²) < 4.78 is 0.862. The van der Waals surface area contributed by atoms with Crippen molar-refractivity contribution < 1.29 is 19.8 Å². The minimum Gasteiger partial charge on any atom is -0.396 e. The second-order valence-corrected chi connectivity index (χ2v) is 9.89. The largest absolute Gasteiger partial charge is 0.396 e. The van der Waals surface area contributed by atoms with Gasteiger partial charge >= 0.3 is 0 Å². The molecule has 1 atom stereocenters. The van der Waals surface area contributed by atoms with E-state index >= 15 is 0 Å². The molecule has 0 unspecified atom stereocenters. The summed E-state index contributed by atoms with van der Waals surface area (Å²) in [4.78, 5) is 0. The van der Waals surface area contributed by atoms with E-state index in [1.165, 1.54) is 89.9 Å². The van der Waals surface area contributed by atoms with E-state index < -0.39 is 0 Å². The Balaban J connectivity index is 4.01. The lowest BCUT2D eigenvalue weighted by molar-refractivity contribution is -0.931. The van der Waals surface area contributed by atoms with Gasteiger partial charge < -0.3 is 19.8 Å². The van der Waals surface area contributed by atoms with Gasteiger partial charge in [0.15, 0.2) is 0 Å². The van der Waals surface area contributed by atoms with E-state index in [1.807, 2.05) is 0 Å². The number of hydrogen-bond acceptors (Lipinski definition) is 3. The molecule has 0 saturated carbocycles. The van der Waals surface area contributed by atoms with Crippen molar-refractivity contribution in [2.75, 3.05) is 39.4 Å². The summed E-state index contributed by atoms with van der Waals surface area (Å²) in [6, 6.07) is 0. The molecule has 0 spiro atoms. The third kappa shape index (κ3) is 19.1. The van der Waals surface area contributed by atoms with Gasteiger partial charge in [-0.2, -0.15) is 0 Å². The molecule has 0 radical (unpaired) electrons. The quantitative estimate of drug-likeness (QED) is 0.116. The lowest BCUT2D eigenvalue weighted by Gasteiger charge is -2.40. The Kier molecular flexibility index (Phi) is 22.9. The molecule has 0 aromatic heterocycles. The molecule has 4 nitrogen and oxygen atoms in total. The van der Waals surface area contributed by atoms with E-state index in [1.54, 1.807) is 0 Å². The van der Waals surface area contributed by atoms with Gasteiger partial charge in [0, 0.05) is 26.1 Å². The average Bonchev–Trinajstić information content (AvgIpc) is 2.76. The first-order valence-electron chi connectivity index (χ1n) is 13.9. The van der Waals surface area contributed by atoms with Crippen molar-refractivity contribution in [3.63, 3.8) is 0 Å². The smallest absolute Gasteiger partial charge is 0.105 e. The Morgan fingerprint density at radius 1 is 0.516 bits per heavy atom. The molecule has 0 aromatic carbocycles. The van der Waals surface area contributed by atoms with Gasteiger partial charge in [-0.3, -0.25) is 0 Å². The number of quaternary nitrogens is 1. The highest BCUT2D eigenvalue weighted by Gasteiger charge is 2.29. The van der Waals surface area contributed by atoms with E-state index in [4.69, 9.17) is 0 Å². The molecule has 188 valence electrons. The van der Waals surface area contributed by atoms with Gasteiger partial charge in [-0.05, 0) is 19.3 Å². The highest BCUT2D eigenvalue weighted by atomic mass is 16.3. The Hall–Kier alpha value is -0.160. The Morgan fingerprint density at radius 3 is 1.29 bits per heavy atom. The van der Waals surface area contributed by atoms with Crippen LogP contribution >= 0.6 is 0 Å². The number of unbranched alkanes of at least 4 members (excludes halogenated alkanes) is 13. The van der Waals surface area contributed by atoms with Crippen LogP contribution in [0.5, 0.6) is 0 Å². The maximum absolute atomic E-state index is 10.5. The van der Waals surface area contributed by atoms with E-state index in [0.29, 0.717) is 0 Å². The lowest BCUT2D eigenvalue weighted by atomic mass is 10.0. The third-order valence-corrected chi connectivity index (χ3v) is 6.79. The maximum Gasteiger partial charge on any atom is 0.105 e. The molecule has 4 heteroatoms. The van der Waals surface area contributed by atoms with E-state index in [9.17, 15) is 15.3 Å². The molecule has 0 aromatic rings. The molecule has 31 heavy (non-hydrogen) atoms. The van der Waals surface area contributed by atoms with Gasteiger partial charge in [-0.1, -0.05) is 97.3 Å². The zero-order chi connectivity index (χ0) is 23.0. The molecule has 0 bridgehead atoms. The summed E-state index contributed by atoms with van der Waals surface area (Å²) in [5.74, 6) is 0. The van der Waals surface area contributed by atoms with E-state index in [-0.39, 0.29) is 19.3 Å². The van der Waals surface area contributed by atoms with Gasteiger partial charge in [-0.25, -0.2) is 0 Å². The van der Waals surface area contributed by atoms with Gasteiger partial charge in [0.25, 0.3) is 0 Å². The van der Waals surface area contributed by atoms with Gasteiger partial charge in [0.05, 0.1) is 19.6 Å². The van der Waals surface area contributed by atoms with Gasteiger partial charge in [0.2, 0.25) is 0 Å². The number of hydrogen-bond donors (Lipinski definition) is 3. The van der Waals surface area contributed by atoms with Crippen LogP contribution < -0.4 is 0 Å². The summed E-state index contributed by atoms with van der Waals surface area (Å²) in [6.07, 6.45) is 22.3. The molecule has 0 rings (SSSR count). The van der Waals surface area contributed by atoms with Crippen LogP contribution in [-0.2, 0) is 0 Å². The molecular weight excluding hydrogens is 386 g/mol. The molecule has 0 fully saturated rings. The number of nitrogens with zero attached hydrogens (tertiary/aromatic N) is 1. The fourth-order valence-corrected chi connectivity index (χ4v) is 4.93. The summed E-state index contributed by atoms with van der Waals surface area (Å²) in [6.45, 7) is 8.48. The van der Waals surface area contributed by atoms with Crippen LogP contribution in [0.15, 0.2) is 0 Å². The van der Waals surface area contributed by atoms with Crippen molar-refractivity contribution in [3.05, 3.63) is 0 Å². The number of aliphatic hydroxyl groups excluding tert-OH is 3. The average molecular weight is 445 g/mol. The number of aliphatic hydroxyl groups is 3. The molecule has 0 aliphatic rings. The van der Waals surface area contributed by atoms with Crippen LogP contribution in [0.3, 0.4) is 0 Å². The highest BCUT2D eigenvalue weighted by Crippen LogP contribution is 2.18. The van der Waals surface area contributed by atoms with Crippen LogP contribution in [-0.4, -0.2) is 65.3 Å². The van der Waals surface area contributed by atoms with Crippen LogP contribution in [0.4, 0.5) is 0 Å². The number of rotatable bonds is 25. The second kappa shape index (κ2) is 23.0. The molecular formula is C27H58NO3+. The fraction of sp³-hybridized carbons (Fsp3) is 1.00. The lowest BCUT2D eigenvalue weighted by Crippen LogP contribution is -2.54. The first-order chi connectivity index (χ1) is 15.1. The molecule has 3 N–H and O–H groups in total. The molecule has 0 saturated heterocycles. The van der Waals surface area contributed by atoms with Crippen LogP contribution in [0.25, 0.3) is 0 Å². The molecule has 0 aliphatic heterocycles. The maximum atomic E-state index is 10.5. The zero-order valence-corrected chi connectivity index (χ0v) is 21.3. The van der Waals surface area contributed by atoms with Crippen molar-refractivity contribution >= 4 is 0 Å². The Bertz CT molecular complexity index is 343. The minimum absolute atomic E-state index is 0.210. The summed E-state index contributed by atoms with van der Waals surface area (Å²) >= 11 is 0. The van der Waals surface area contributed by atoms with Crippen molar-refractivity contribution in [1.29, 1.82) is 0 Å². The third-order valence-electron chi connectivity index (χ3n) is 6.79. The highest BCUT2D eigenvalue weighted by molar-refractivity contribution is 4.58. The first-order valence-corrected chi connectivity index (χ1v) is 13.9. The van der Waals surface area contributed by atoms with Gasteiger partial charge in [-0.15, -0.1) is 0 Å². The Labute approximate surface area is 195 Å². The summed E-state index contributed by atoms with van der Waals surface area (Å²) in [5.41, 5.74) is 0. The minimum atomic E-state index is -0.269. The van der Waals surface area contributed by atoms with Crippen molar-refractivity contribution in [1.82, 2.24) is 0 Å². The first kappa shape index (κ1) is 30.8. The van der Waals surface area contributed by atoms with Gasteiger partial charge in [0.1, 0.15) is 12.6 Å². The predicted octanol–water partition coefficient (Wildman–Crippen LogP) is 6.21. The summed E-state index contributed by atoms with van der Waals surface area (Å²) in [5, 5.41) is 29.2. The van der Waals surface area contributed by atoms with E-state index in [2.05, 4.69) is 13.8 Å². The SMILES string of the molecule is CCCCCCCCCCCCCCCC[N+](CCCO)(CCCO)C[C@@H](O)CCC. The zero-order valence-electron chi connectivity index (χ0n) is 21.3. The Morgan fingerprint density at radius 2 is 0.903 bits per heavy atom. The fourth-order valence-electron chi connectivity index (χ4n) is 4.93. The molecule has 0 amide bonds.